The lowest BCUT2D eigenvalue weighted by molar-refractivity contribution is -0.147. The van der Waals surface area contributed by atoms with Crippen molar-refractivity contribution in [2.24, 2.45) is 5.92 Å². The predicted molar refractivity (Wildman–Crippen MR) is 153 cm³/mol. The van der Waals surface area contributed by atoms with Crippen LogP contribution in [0.25, 0.3) is 0 Å². The van der Waals surface area contributed by atoms with E-state index in [-0.39, 0.29) is 5.92 Å². The third-order valence-electron chi connectivity index (χ3n) is 5.93. The zero-order valence-electron chi connectivity index (χ0n) is 24.2. The minimum atomic E-state index is -1.000. The fourth-order valence-corrected chi connectivity index (χ4v) is 4.36. The Hall–Kier alpha value is -3.06. The molecule has 2 unspecified atom stereocenters. The summed E-state index contributed by atoms with van der Waals surface area (Å²) < 4.78 is 5.43. The molecule has 0 bridgehead atoms. The summed E-state index contributed by atoms with van der Waals surface area (Å²) in [5.41, 5.74) is 1.44. The standard InChI is InChI=1S/C30H42ClN3O4/c1-18(2)23(33-28(37)38-30(8,9)10)27(36)34(29(5,6)7)25(21-16-14-19(3)15-17-21)26(35)32-24-20(4)12-11-13-22(24)31/h11-18,23,25H,1-10H3,(H,32,35)(H,33,37). The molecule has 38 heavy (non-hydrogen) atoms. The van der Waals surface area contributed by atoms with E-state index in [2.05, 4.69) is 10.6 Å². The molecular weight excluding hydrogens is 502 g/mol. The van der Waals surface area contributed by atoms with Gasteiger partial charge in [0.15, 0.2) is 0 Å². The Morgan fingerprint density at radius 1 is 0.921 bits per heavy atom. The Kier molecular flexibility index (Phi) is 10.0. The smallest absolute Gasteiger partial charge is 0.408 e. The minimum Gasteiger partial charge on any atom is -0.444 e. The highest BCUT2D eigenvalue weighted by atomic mass is 35.5. The van der Waals surface area contributed by atoms with E-state index in [1.165, 1.54) is 0 Å². The van der Waals surface area contributed by atoms with Crippen molar-refractivity contribution in [1.82, 2.24) is 10.2 Å². The molecule has 3 amide bonds. The lowest BCUT2D eigenvalue weighted by atomic mass is 9.92. The van der Waals surface area contributed by atoms with Crippen molar-refractivity contribution >= 4 is 35.2 Å². The van der Waals surface area contributed by atoms with Gasteiger partial charge in [-0.1, -0.05) is 67.4 Å². The summed E-state index contributed by atoms with van der Waals surface area (Å²) in [5.74, 6) is -1.07. The summed E-state index contributed by atoms with van der Waals surface area (Å²) in [5, 5.41) is 6.11. The fraction of sp³-hybridized carbons (Fsp3) is 0.500. The van der Waals surface area contributed by atoms with Crippen LogP contribution in [0.2, 0.25) is 5.02 Å². The lowest BCUT2D eigenvalue weighted by Crippen LogP contribution is -2.59. The highest BCUT2D eigenvalue weighted by Crippen LogP contribution is 2.33. The van der Waals surface area contributed by atoms with Crippen molar-refractivity contribution < 1.29 is 19.1 Å². The first-order valence-electron chi connectivity index (χ1n) is 12.9. The maximum atomic E-state index is 14.3. The van der Waals surface area contributed by atoms with E-state index in [9.17, 15) is 14.4 Å². The average molecular weight is 544 g/mol. The van der Waals surface area contributed by atoms with Gasteiger partial charge in [-0.25, -0.2) is 4.79 Å². The van der Waals surface area contributed by atoms with Crippen molar-refractivity contribution in [1.29, 1.82) is 0 Å². The summed E-state index contributed by atoms with van der Waals surface area (Å²) in [6.45, 7) is 18.4. The van der Waals surface area contributed by atoms with Crippen LogP contribution in [0.1, 0.15) is 78.1 Å². The van der Waals surface area contributed by atoms with Gasteiger partial charge in [0.1, 0.15) is 17.7 Å². The molecule has 8 heteroatoms. The van der Waals surface area contributed by atoms with E-state index in [0.717, 1.165) is 11.1 Å². The molecule has 0 aliphatic carbocycles. The minimum absolute atomic E-state index is 0.271. The van der Waals surface area contributed by atoms with E-state index in [1.807, 2.05) is 84.9 Å². The number of alkyl carbamates (subject to hydrolysis) is 1. The van der Waals surface area contributed by atoms with Crippen LogP contribution in [0.15, 0.2) is 42.5 Å². The van der Waals surface area contributed by atoms with Gasteiger partial charge in [-0.15, -0.1) is 0 Å². The summed E-state index contributed by atoms with van der Waals surface area (Å²) in [4.78, 5) is 42.5. The van der Waals surface area contributed by atoms with Gasteiger partial charge in [-0.3, -0.25) is 9.59 Å². The summed E-state index contributed by atoms with van der Waals surface area (Å²) >= 11 is 6.42. The molecule has 2 aromatic rings. The third-order valence-corrected chi connectivity index (χ3v) is 6.25. The van der Waals surface area contributed by atoms with Crippen LogP contribution in [0.5, 0.6) is 0 Å². The third kappa shape index (κ3) is 8.22. The van der Waals surface area contributed by atoms with E-state index in [0.29, 0.717) is 16.3 Å². The quantitative estimate of drug-likeness (QED) is 0.401. The highest BCUT2D eigenvalue weighted by molar-refractivity contribution is 6.34. The van der Waals surface area contributed by atoms with E-state index >= 15 is 0 Å². The van der Waals surface area contributed by atoms with Crippen LogP contribution >= 0.6 is 11.6 Å². The van der Waals surface area contributed by atoms with Gasteiger partial charge in [-0.2, -0.15) is 0 Å². The average Bonchev–Trinajstić information content (AvgIpc) is 2.76. The molecule has 0 heterocycles. The molecule has 0 aromatic heterocycles. The Morgan fingerprint density at radius 3 is 1.97 bits per heavy atom. The zero-order valence-corrected chi connectivity index (χ0v) is 25.0. The SMILES string of the molecule is Cc1ccc(C(C(=O)Nc2c(C)cccc2Cl)N(C(=O)C(NC(=O)OC(C)(C)C)C(C)C)C(C)(C)C)cc1. The first kappa shape index (κ1) is 31.2. The van der Waals surface area contributed by atoms with E-state index in [4.69, 9.17) is 16.3 Å². The maximum Gasteiger partial charge on any atom is 0.408 e. The van der Waals surface area contributed by atoms with Crippen LogP contribution in [-0.2, 0) is 14.3 Å². The molecule has 2 aromatic carbocycles. The van der Waals surface area contributed by atoms with Crippen molar-refractivity contribution in [2.45, 2.75) is 92.5 Å². The van der Waals surface area contributed by atoms with E-state index < -0.39 is 41.1 Å². The van der Waals surface area contributed by atoms with Gasteiger partial charge < -0.3 is 20.3 Å². The summed E-state index contributed by atoms with van der Waals surface area (Å²) in [6.07, 6.45) is -0.693. The van der Waals surface area contributed by atoms with Gasteiger partial charge in [0.2, 0.25) is 5.91 Å². The monoisotopic (exact) mass is 543 g/mol. The van der Waals surface area contributed by atoms with Crippen LogP contribution in [0, 0.1) is 19.8 Å². The second-order valence-corrected chi connectivity index (χ2v) is 12.4. The number of benzene rings is 2. The number of para-hydroxylation sites is 1. The maximum absolute atomic E-state index is 14.3. The van der Waals surface area contributed by atoms with Crippen LogP contribution in [-0.4, -0.2) is 40.0 Å². The topological polar surface area (TPSA) is 87.7 Å². The number of carbonyl (C=O) groups is 3. The van der Waals surface area contributed by atoms with E-state index in [1.54, 1.807) is 31.7 Å². The Bertz CT molecular complexity index is 1130. The number of rotatable bonds is 7. The fourth-order valence-electron chi connectivity index (χ4n) is 4.09. The molecule has 208 valence electrons. The summed E-state index contributed by atoms with van der Waals surface area (Å²) in [6, 6.07) is 10.9. The first-order valence-corrected chi connectivity index (χ1v) is 13.3. The van der Waals surface area contributed by atoms with Gasteiger partial charge in [0.25, 0.3) is 5.91 Å². The molecule has 0 fully saturated rings. The van der Waals surface area contributed by atoms with Gasteiger partial charge >= 0.3 is 6.09 Å². The second-order valence-electron chi connectivity index (χ2n) is 12.0. The molecule has 0 aliphatic heterocycles. The van der Waals surface area contributed by atoms with Crippen molar-refractivity contribution in [3.63, 3.8) is 0 Å². The van der Waals surface area contributed by atoms with Crippen LogP contribution in [0.3, 0.4) is 0 Å². The predicted octanol–water partition coefficient (Wildman–Crippen LogP) is 6.81. The normalized spacial score (nSPS) is 13.5. The molecule has 2 atom stereocenters. The number of hydrogen-bond acceptors (Lipinski definition) is 4. The molecule has 7 nitrogen and oxygen atoms in total. The Morgan fingerprint density at radius 2 is 1.50 bits per heavy atom. The van der Waals surface area contributed by atoms with Crippen LogP contribution < -0.4 is 10.6 Å². The number of carbonyl (C=O) groups excluding carboxylic acids is 3. The van der Waals surface area contributed by atoms with Crippen molar-refractivity contribution in [3.8, 4) is 0 Å². The molecule has 0 spiro atoms. The molecule has 0 saturated carbocycles. The largest absolute Gasteiger partial charge is 0.444 e. The highest BCUT2D eigenvalue weighted by Gasteiger charge is 2.43. The molecule has 0 radical (unpaired) electrons. The lowest BCUT2D eigenvalue weighted by Gasteiger charge is -2.43. The zero-order chi connectivity index (χ0) is 29.0. The number of ether oxygens (including phenoxy) is 1. The number of anilines is 1. The summed E-state index contributed by atoms with van der Waals surface area (Å²) in [7, 11) is 0. The molecule has 2 rings (SSSR count). The molecular formula is C30H42ClN3O4. The molecule has 2 N–H and O–H groups in total. The van der Waals surface area contributed by atoms with Gasteiger partial charge in [0.05, 0.1) is 10.7 Å². The number of aryl methyl sites for hydroxylation is 2. The number of nitrogens with one attached hydrogen (secondary N) is 2. The number of amides is 3. The second kappa shape index (κ2) is 12.2. The van der Waals surface area contributed by atoms with Crippen molar-refractivity contribution in [2.75, 3.05) is 5.32 Å². The van der Waals surface area contributed by atoms with Gasteiger partial charge in [0, 0.05) is 5.54 Å². The number of nitrogens with zero attached hydrogens (tertiary/aromatic N) is 1. The first-order chi connectivity index (χ1) is 17.4. The van der Waals surface area contributed by atoms with Crippen molar-refractivity contribution in [3.05, 3.63) is 64.2 Å². The Labute approximate surface area is 232 Å². The Balaban J connectivity index is 2.61. The number of halogens is 1. The number of hydrogen-bond donors (Lipinski definition) is 2. The van der Waals surface area contributed by atoms with Crippen LogP contribution in [0.4, 0.5) is 10.5 Å². The molecule has 0 saturated heterocycles. The van der Waals surface area contributed by atoms with Gasteiger partial charge in [-0.05, 0) is 78.5 Å². The molecule has 0 aliphatic rings.